The highest BCUT2D eigenvalue weighted by Gasteiger charge is 2.36. The van der Waals surface area contributed by atoms with Gasteiger partial charge in [0.05, 0.1) is 5.60 Å². The molecule has 0 bridgehead atoms. The van der Waals surface area contributed by atoms with Gasteiger partial charge in [0.25, 0.3) is 0 Å². The molecule has 0 atom stereocenters. The lowest BCUT2D eigenvalue weighted by molar-refractivity contribution is -0.0390. The minimum atomic E-state index is -0.547. The Kier molecular flexibility index (Phi) is 1.43. The van der Waals surface area contributed by atoms with Crippen LogP contribution >= 0.6 is 0 Å². The molecule has 1 aliphatic carbocycles. The van der Waals surface area contributed by atoms with E-state index < -0.39 is 5.60 Å². The van der Waals surface area contributed by atoms with Crippen LogP contribution in [0.1, 0.15) is 24.8 Å². The second-order valence-electron chi connectivity index (χ2n) is 3.13. The first-order valence-corrected chi connectivity index (χ1v) is 3.94. The van der Waals surface area contributed by atoms with Gasteiger partial charge in [0.1, 0.15) is 0 Å². The summed E-state index contributed by atoms with van der Waals surface area (Å²) in [5, 5.41) is 9.84. The van der Waals surface area contributed by atoms with Gasteiger partial charge < -0.3 is 5.11 Å². The smallest absolute Gasteiger partial charge is 0.0911 e. The van der Waals surface area contributed by atoms with E-state index in [0.717, 1.165) is 24.8 Å². The summed E-state index contributed by atoms with van der Waals surface area (Å²) in [5.74, 6) is 0. The highest BCUT2D eigenvalue weighted by molar-refractivity contribution is 5.20. The van der Waals surface area contributed by atoms with Crippen LogP contribution in [0.3, 0.4) is 0 Å². The van der Waals surface area contributed by atoms with Crippen molar-refractivity contribution in [1.29, 1.82) is 0 Å². The number of aromatic nitrogens is 1. The third-order valence-corrected chi connectivity index (χ3v) is 2.38. The fourth-order valence-corrected chi connectivity index (χ4v) is 1.44. The van der Waals surface area contributed by atoms with Gasteiger partial charge >= 0.3 is 0 Å². The Morgan fingerprint density at radius 2 is 2.27 bits per heavy atom. The maximum Gasteiger partial charge on any atom is 0.0911 e. The van der Waals surface area contributed by atoms with Crippen LogP contribution in [0.25, 0.3) is 0 Å². The summed E-state index contributed by atoms with van der Waals surface area (Å²) in [7, 11) is 0. The van der Waals surface area contributed by atoms with Gasteiger partial charge in [-0.25, -0.2) is 0 Å². The zero-order valence-electron chi connectivity index (χ0n) is 6.33. The van der Waals surface area contributed by atoms with E-state index in [2.05, 4.69) is 4.98 Å². The molecule has 58 valence electrons. The Morgan fingerprint density at radius 3 is 2.73 bits per heavy atom. The molecule has 0 radical (unpaired) electrons. The Bertz CT molecular complexity index is 241. The molecule has 2 rings (SSSR count). The summed E-state index contributed by atoms with van der Waals surface area (Å²) in [6.45, 7) is 0. The molecule has 11 heavy (non-hydrogen) atoms. The number of rotatable bonds is 1. The maximum absolute atomic E-state index is 9.84. The van der Waals surface area contributed by atoms with Gasteiger partial charge in [-0.2, -0.15) is 0 Å². The molecule has 0 spiro atoms. The summed E-state index contributed by atoms with van der Waals surface area (Å²) in [4.78, 5) is 3.97. The molecule has 1 aliphatic rings. The maximum atomic E-state index is 9.84. The van der Waals surface area contributed by atoms with Crippen molar-refractivity contribution in [3.63, 3.8) is 0 Å². The lowest BCUT2D eigenvalue weighted by Crippen LogP contribution is -2.33. The largest absolute Gasteiger partial charge is 0.385 e. The Balaban J connectivity index is 2.29. The molecule has 0 aliphatic heterocycles. The van der Waals surface area contributed by atoms with E-state index in [1.165, 1.54) is 0 Å². The second kappa shape index (κ2) is 2.31. The number of pyridine rings is 1. The number of hydrogen-bond acceptors (Lipinski definition) is 2. The standard InChI is InChI=1S/C9H11NO/c11-9(4-2-5-9)8-3-1-6-10-7-8/h1,3,6-7,11H,2,4-5H2. The minimum absolute atomic E-state index is 0.547. The summed E-state index contributed by atoms with van der Waals surface area (Å²) in [5.41, 5.74) is 0.417. The van der Waals surface area contributed by atoms with Crippen LogP contribution in [0, 0.1) is 0 Å². The van der Waals surface area contributed by atoms with Crippen LogP contribution in [0.4, 0.5) is 0 Å². The summed E-state index contributed by atoms with van der Waals surface area (Å²) < 4.78 is 0. The van der Waals surface area contributed by atoms with Crippen molar-refractivity contribution in [2.24, 2.45) is 0 Å². The molecule has 1 aromatic heterocycles. The fourth-order valence-electron chi connectivity index (χ4n) is 1.44. The van der Waals surface area contributed by atoms with Gasteiger partial charge in [0.15, 0.2) is 0 Å². The topological polar surface area (TPSA) is 33.1 Å². The third-order valence-electron chi connectivity index (χ3n) is 2.38. The molecule has 1 N–H and O–H groups in total. The average Bonchev–Trinajstić information content (AvgIpc) is 2.02. The van der Waals surface area contributed by atoms with Gasteiger partial charge in [-0.3, -0.25) is 4.98 Å². The molecule has 0 unspecified atom stereocenters. The molecule has 1 fully saturated rings. The SMILES string of the molecule is OC1(c2cccnc2)CCC1. The van der Waals surface area contributed by atoms with Gasteiger partial charge in [-0.05, 0) is 25.3 Å². The Morgan fingerprint density at radius 1 is 1.45 bits per heavy atom. The monoisotopic (exact) mass is 149 g/mol. The zero-order chi connectivity index (χ0) is 7.73. The van der Waals surface area contributed by atoms with E-state index in [-0.39, 0.29) is 0 Å². The van der Waals surface area contributed by atoms with Crippen LogP contribution in [-0.4, -0.2) is 10.1 Å². The Hall–Kier alpha value is -0.890. The lowest BCUT2D eigenvalue weighted by Gasteiger charge is -2.36. The number of hydrogen-bond donors (Lipinski definition) is 1. The Labute approximate surface area is 65.9 Å². The number of nitrogens with zero attached hydrogens (tertiary/aromatic N) is 1. The minimum Gasteiger partial charge on any atom is -0.385 e. The summed E-state index contributed by atoms with van der Waals surface area (Å²) >= 11 is 0. The van der Waals surface area contributed by atoms with Crippen molar-refractivity contribution in [2.75, 3.05) is 0 Å². The summed E-state index contributed by atoms with van der Waals surface area (Å²) in [6, 6.07) is 3.80. The van der Waals surface area contributed by atoms with Crippen molar-refractivity contribution >= 4 is 0 Å². The quantitative estimate of drug-likeness (QED) is 0.655. The average molecular weight is 149 g/mol. The predicted molar refractivity (Wildman–Crippen MR) is 42.0 cm³/mol. The van der Waals surface area contributed by atoms with Crippen molar-refractivity contribution in [3.8, 4) is 0 Å². The zero-order valence-corrected chi connectivity index (χ0v) is 6.33. The van der Waals surface area contributed by atoms with Crippen molar-refractivity contribution in [3.05, 3.63) is 30.1 Å². The molecular formula is C9H11NO. The molecule has 1 saturated carbocycles. The van der Waals surface area contributed by atoms with E-state index in [9.17, 15) is 5.11 Å². The van der Waals surface area contributed by atoms with E-state index in [1.54, 1.807) is 12.4 Å². The van der Waals surface area contributed by atoms with E-state index in [1.807, 2.05) is 12.1 Å². The van der Waals surface area contributed by atoms with Crippen molar-refractivity contribution in [2.45, 2.75) is 24.9 Å². The van der Waals surface area contributed by atoms with E-state index in [4.69, 9.17) is 0 Å². The first-order valence-electron chi connectivity index (χ1n) is 3.94. The van der Waals surface area contributed by atoms with Gasteiger partial charge in [-0.1, -0.05) is 6.07 Å². The van der Waals surface area contributed by atoms with Gasteiger partial charge in [0, 0.05) is 18.0 Å². The van der Waals surface area contributed by atoms with E-state index >= 15 is 0 Å². The highest BCUT2D eigenvalue weighted by atomic mass is 16.3. The molecule has 2 heteroatoms. The van der Waals surface area contributed by atoms with Crippen molar-refractivity contribution < 1.29 is 5.11 Å². The molecule has 2 nitrogen and oxygen atoms in total. The van der Waals surface area contributed by atoms with Crippen molar-refractivity contribution in [1.82, 2.24) is 4.98 Å². The normalized spacial score (nSPS) is 20.8. The molecule has 0 amide bonds. The highest BCUT2D eigenvalue weighted by Crippen LogP contribution is 2.40. The van der Waals surface area contributed by atoms with Gasteiger partial charge in [-0.15, -0.1) is 0 Å². The van der Waals surface area contributed by atoms with Crippen LogP contribution in [-0.2, 0) is 5.60 Å². The van der Waals surface area contributed by atoms with E-state index in [0.29, 0.717) is 0 Å². The van der Waals surface area contributed by atoms with Crippen LogP contribution < -0.4 is 0 Å². The molecule has 1 heterocycles. The van der Waals surface area contributed by atoms with Gasteiger partial charge in [0.2, 0.25) is 0 Å². The molecule has 1 aromatic rings. The first kappa shape index (κ1) is 6.80. The third kappa shape index (κ3) is 1.03. The summed E-state index contributed by atoms with van der Waals surface area (Å²) in [6.07, 6.45) is 6.38. The molecule has 0 saturated heterocycles. The molecule has 0 aromatic carbocycles. The first-order chi connectivity index (χ1) is 5.31. The van der Waals surface area contributed by atoms with Crippen LogP contribution in [0.2, 0.25) is 0 Å². The molecular weight excluding hydrogens is 138 g/mol. The number of aliphatic hydroxyl groups is 1. The predicted octanol–water partition coefficient (Wildman–Crippen LogP) is 1.45. The van der Waals surface area contributed by atoms with Crippen LogP contribution in [0.15, 0.2) is 24.5 Å². The van der Waals surface area contributed by atoms with Crippen LogP contribution in [0.5, 0.6) is 0 Å². The lowest BCUT2D eigenvalue weighted by atomic mass is 9.76. The second-order valence-corrected chi connectivity index (χ2v) is 3.13. The fraction of sp³-hybridized carbons (Fsp3) is 0.444.